The molecule has 0 aliphatic carbocycles. The van der Waals surface area contributed by atoms with Crippen molar-refractivity contribution in [2.45, 2.75) is 33.4 Å². The first-order chi connectivity index (χ1) is 9.86. The minimum atomic E-state index is -0.344. The van der Waals surface area contributed by atoms with Gasteiger partial charge >= 0.3 is 0 Å². The summed E-state index contributed by atoms with van der Waals surface area (Å²) in [5, 5.41) is 14.2. The zero-order chi connectivity index (χ0) is 15.5. The molecular weight excluding hydrogens is 268 g/mol. The van der Waals surface area contributed by atoms with E-state index in [2.05, 4.69) is 10.00 Å². The summed E-state index contributed by atoms with van der Waals surface area (Å²) in [6, 6.07) is 1.82. The molecule has 21 heavy (non-hydrogen) atoms. The second-order valence-electron chi connectivity index (χ2n) is 6.77. The molecule has 1 aliphatic rings. The van der Waals surface area contributed by atoms with Crippen LogP contribution in [0.5, 0.6) is 0 Å². The van der Waals surface area contributed by atoms with Crippen molar-refractivity contribution >= 4 is 5.91 Å². The van der Waals surface area contributed by atoms with Gasteiger partial charge in [0.05, 0.1) is 6.10 Å². The van der Waals surface area contributed by atoms with Crippen molar-refractivity contribution in [1.29, 1.82) is 0 Å². The molecule has 1 amide bonds. The zero-order valence-electron chi connectivity index (χ0n) is 13.2. The Morgan fingerprint density at radius 1 is 1.29 bits per heavy atom. The van der Waals surface area contributed by atoms with Crippen LogP contribution in [-0.2, 0) is 11.3 Å². The molecule has 0 saturated carbocycles. The third kappa shape index (κ3) is 4.54. The molecule has 118 valence electrons. The molecule has 0 bridgehead atoms. The normalized spacial score (nSPS) is 18.8. The Morgan fingerprint density at radius 2 is 1.95 bits per heavy atom. The first-order valence-corrected chi connectivity index (χ1v) is 7.52. The third-order valence-electron chi connectivity index (χ3n) is 4.01. The zero-order valence-corrected chi connectivity index (χ0v) is 13.2. The van der Waals surface area contributed by atoms with Gasteiger partial charge in [0, 0.05) is 45.1 Å². The second kappa shape index (κ2) is 6.58. The van der Waals surface area contributed by atoms with Gasteiger partial charge in [-0.15, -0.1) is 0 Å². The van der Waals surface area contributed by atoms with E-state index in [1.807, 2.05) is 31.7 Å². The van der Waals surface area contributed by atoms with Gasteiger partial charge in [-0.2, -0.15) is 5.10 Å². The molecule has 6 heteroatoms. The Kier molecular flexibility index (Phi) is 5.00. The summed E-state index contributed by atoms with van der Waals surface area (Å²) in [6.07, 6.45) is 3.14. The third-order valence-corrected chi connectivity index (χ3v) is 4.01. The maximum absolute atomic E-state index is 12.2. The molecule has 1 aliphatic heterocycles. The molecule has 1 N–H and O–H groups in total. The highest BCUT2D eigenvalue weighted by atomic mass is 16.3. The fourth-order valence-electron chi connectivity index (χ4n) is 2.33. The number of β-amino-alcohol motifs (C(OH)–C–C–N with tert-alkyl or cyclic N) is 1. The van der Waals surface area contributed by atoms with E-state index in [9.17, 15) is 9.90 Å². The number of aromatic nitrogens is 2. The number of carbonyl (C=O) groups excluding carboxylic acids is 1. The van der Waals surface area contributed by atoms with E-state index in [1.165, 1.54) is 0 Å². The molecule has 2 heterocycles. The minimum absolute atomic E-state index is 0.104. The molecule has 0 radical (unpaired) electrons. The van der Waals surface area contributed by atoms with Crippen LogP contribution in [0.25, 0.3) is 0 Å². The predicted molar refractivity (Wildman–Crippen MR) is 80.7 cm³/mol. The maximum Gasteiger partial charge on any atom is 0.244 e. The van der Waals surface area contributed by atoms with Gasteiger partial charge in [-0.1, -0.05) is 20.8 Å². The number of aliphatic hydroxyl groups is 1. The van der Waals surface area contributed by atoms with E-state index < -0.39 is 0 Å². The lowest BCUT2D eigenvalue weighted by Gasteiger charge is -2.38. The number of piperazine rings is 1. The molecule has 6 nitrogen and oxygen atoms in total. The molecule has 1 atom stereocenters. The van der Waals surface area contributed by atoms with Crippen LogP contribution in [-0.4, -0.2) is 69.4 Å². The smallest absolute Gasteiger partial charge is 0.244 e. The number of amides is 1. The Morgan fingerprint density at radius 3 is 2.48 bits per heavy atom. The van der Waals surface area contributed by atoms with Crippen molar-refractivity contribution in [2.24, 2.45) is 5.41 Å². The van der Waals surface area contributed by atoms with E-state index >= 15 is 0 Å². The van der Waals surface area contributed by atoms with E-state index in [1.54, 1.807) is 17.1 Å². The Hall–Kier alpha value is -1.40. The van der Waals surface area contributed by atoms with Crippen molar-refractivity contribution < 1.29 is 9.90 Å². The van der Waals surface area contributed by atoms with Gasteiger partial charge in [0.2, 0.25) is 5.91 Å². The fourth-order valence-corrected chi connectivity index (χ4v) is 2.33. The molecule has 1 aromatic heterocycles. The predicted octanol–water partition coefficient (Wildman–Crippen LogP) is 0.434. The van der Waals surface area contributed by atoms with Crippen LogP contribution >= 0.6 is 0 Å². The maximum atomic E-state index is 12.2. The van der Waals surface area contributed by atoms with Crippen LogP contribution in [0.2, 0.25) is 0 Å². The topological polar surface area (TPSA) is 61.6 Å². The van der Waals surface area contributed by atoms with Gasteiger partial charge in [-0.3, -0.25) is 14.4 Å². The van der Waals surface area contributed by atoms with Crippen molar-refractivity contribution in [3.63, 3.8) is 0 Å². The number of hydrogen-bond donors (Lipinski definition) is 1. The monoisotopic (exact) mass is 294 g/mol. The highest BCUT2D eigenvalue weighted by molar-refractivity contribution is 5.76. The van der Waals surface area contributed by atoms with Crippen LogP contribution in [0.15, 0.2) is 18.5 Å². The van der Waals surface area contributed by atoms with Crippen LogP contribution < -0.4 is 0 Å². The summed E-state index contributed by atoms with van der Waals surface area (Å²) in [4.78, 5) is 16.3. The fraction of sp³-hybridized carbons (Fsp3) is 0.733. The van der Waals surface area contributed by atoms with Gasteiger partial charge in [0.1, 0.15) is 6.54 Å². The van der Waals surface area contributed by atoms with Gasteiger partial charge in [0.15, 0.2) is 0 Å². The molecule has 0 unspecified atom stereocenters. The van der Waals surface area contributed by atoms with Crippen LogP contribution in [0.4, 0.5) is 0 Å². The van der Waals surface area contributed by atoms with Crippen molar-refractivity contribution in [2.75, 3.05) is 32.7 Å². The highest BCUT2D eigenvalue weighted by Gasteiger charge is 2.27. The molecule has 1 saturated heterocycles. The lowest BCUT2D eigenvalue weighted by atomic mass is 9.89. The Balaban J connectivity index is 1.76. The largest absolute Gasteiger partial charge is 0.391 e. The van der Waals surface area contributed by atoms with Crippen molar-refractivity contribution in [1.82, 2.24) is 19.6 Å². The number of aliphatic hydroxyl groups excluding tert-OH is 1. The molecule has 2 rings (SSSR count). The summed E-state index contributed by atoms with van der Waals surface area (Å²) >= 11 is 0. The molecule has 1 aromatic rings. The number of hydrogen-bond acceptors (Lipinski definition) is 4. The molecular formula is C15H26N4O2. The van der Waals surface area contributed by atoms with Gasteiger partial charge in [-0.05, 0) is 11.5 Å². The van der Waals surface area contributed by atoms with Gasteiger partial charge < -0.3 is 10.0 Å². The highest BCUT2D eigenvalue weighted by Crippen LogP contribution is 2.20. The first kappa shape index (κ1) is 16.0. The summed E-state index contributed by atoms with van der Waals surface area (Å²) in [5.74, 6) is 0.106. The first-order valence-electron chi connectivity index (χ1n) is 7.52. The number of nitrogens with zero attached hydrogens (tertiary/aromatic N) is 4. The summed E-state index contributed by atoms with van der Waals surface area (Å²) in [5.41, 5.74) is -0.104. The molecule has 0 spiro atoms. The Labute approximate surface area is 126 Å². The Bertz CT molecular complexity index is 445. The lowest BCUT2D eigenvalue weighted by molar-refractivity contribution is -0.134. The van der Waals surface area contributed by atoms with Crippen molar-refractivity contribution in [3.05, 3.63) is 18.5 Å². The van der Waals surface area contributed by atoms with Crippen molar-refractivity contribution in [3.8, 4) is 0 Å². The average molecular weight is 294 g/mol. The van der Waals surface area contributed by atoms with Crippen LogP contribution in [0.3, 0.4) is 0 Å². The number of carbonyl (C=O) groups is 1. The standard InChI is InChI=1S/C15H26N4O2/c1-15(2,3)13(20)11-17-7-9-18(10-8-17)14(21)12-19-6-4-5-16-19/h4-6,13,20H,7-12H2,1-3H3/t13-/m0/s1. The summed E-state index contributed by atoms with van der Waals surface area (Å²) in [6.45, 7) is 10.2. The molecule has 0 aromatic carbocycles. The minimum Gasteiger partial charge on any atom is -0.391 e. The quantitative estimate of drug-likeness (QED) is 0.875. The van der Waals surface area contributed by atoms with Gasteiger partial charge in [0.25, 0.3) is 0 Å². The van der Waals surface area contributed by atoms with E-state index in [4.69, 9.17) is 0 Å². The number of rotatable bonds is 4. The van der Waals surface area contributed by atoms with Crippen LogP contribution in [0.1, 0.15) is 20.8 Å². The van der Waals surface area contributed by atoms with Crippen LogP contribution in [0, 0.1) is 5.41 Å². The molecule has 1 fully saturated rings. The second-order valence-corrected chi connectivity index (χ2v) is 6.77. The van der Waals surface area contributed by atoms with Gasteiger partial charge in [-0.25, -0.2) is 0 Å². The SMILES string of the molecule is CC(C)(C)[C@@H](O)CN1CCN(C(=O)Cn2cccn2)CC1. The summed E-state index contributed by atoms with van der Waals surface area (Å²) in [7, 11) is 0. The van der Waals surface area contributed by atoms with E-state index in [-0.39, 0.29) is 17.4 Å². The average Bonchev–Trinajstić information content (AvgIpc) is 2.91. The van der Waals surface area contributed by atoms with E-state index in [0.717, 1.165) is 26.2 Å². The van der Waals surface area contributed by atoms with E-state index in [0.29, 0.717) is 13.1 Å². The lowest BCUT2D eigenvalue weighted by Crippen LogP contribution is -2.52. The summed E-state index contributed by atoms with van der Waals surface area (Å²) < 4.78 is 1.65.